The van der Waals surface area contributed by atoms with Crippen LogP contribution in [0.2, 0.25) is 0 Å². The Bertz CT molecular complexity index is 467. The Balaban J connectivity index is 2.37. The molecule has 0 spiro atoms. The molecule has 21 heavy (non-hydrogen) atoms. The molecule has 0 amide bonds. The molecule has 2 rings (SSSR count). The van der Waals surface area contributed by atoms with Gasteiger partial charge in [0.15, 0.2) is 0 Å². The van der Waals surface area contributed by atoms with Gasteiger partial charge in [0, 0.05) is 25.5 Å². The summed E-state index contributed by atoms with van der Waals surface area (Å²) in [5.74, 6) is -2.02. The summed E-state index contributed by atoms with van der Waals surface area (Å²) in [6.45, 7) is 0.0467. The molecule has 7 heteroatoms. The first-order valence-electron chi connectivity index (χ1n) is 6.58. The van der Waals surface area contributed by atoms with Gasteiger partial charge in [0.2, 0.25) is 5.79 Å². The summed E-state index contributed by atoms with van der Waals surface area (Å²) in [5.41, 5.74) is 6.45. The van der Waals surface area contributed by atoms with E-state index in [0.29, 0.717) is 11.3 Å². The Kier molecular flexibility index (Phi) is 4.82. The maximum Gasteiger partial charge on any atom is 0.222 e. The molecule has 1 aromatic carbocycles. The van der Waals surface area contributed by atoms with Crippen LogP contribution in [0, 0.1) is 0 Å². The zero-order valence-corrected chi connectivity index (χ0v) is 12.0. The van der Waals surface area contributed by atoms with E-state index in [4.69, 9.17) is 19.9 Å². The van der Waals surface area contributed by atoms with Crippen LogP contribution in [0.1, 0.15) is 5.56 Å². The summed E-state index contributed by atoms with van der Waals surface area (Å²) in [4.78, 5) is 0. The first kappa shape index (κ1) is 16.2. The second-order valence-electron chi connectivity index (χ2n) is 5.07. The highest BCUT2D eigenvalue weighted by atomic mass is 16.7. The standard InChI is InChI=1S/C14H21NO6/c1-19-7-10-11(16)12(20-2)13(17)14(18,21-10)8-3-5-9(15)6-4-8/h3-6,10-13,16-18H,7,15H2,1-2H3/t10-,11+,12+,13-,14-/m1/s1. The molecule has 1 aromatic rings. The normalized spacial score (nSPS) is 36.6. The highest BCUT2D eigenvalue weighted by molar-refractivity contribution is 5.41. The largest absolute Gasteiger partial charge is 0.399 e. The van der Waals surface area contributed by atoms with Crippen molar-refractivity contribution in [3.05, 3.63) is 29.8 Å². The van der Waals surface area contributed by atoms with Gasteiger partial charge >= 0.3 is 0 Å². The zero-order valence-electron chi connectivity index (χ0n) is 12.0. The average Bonchev–Trinajstić information content (AvgIpc) is 2.46. The number of rotatable bonds is 4. The number of benzene rings is 1. The average molecular weight is 299 g/mol. The highest BCUT2D eigenvalue weighted by Gasteiger charge is 2.54. The molecule has 0 saturated carbocycles. The van der Waals surface area contributed by atoms with Gasteiger partial charge in [0.05, 0.1) is 6.61 Å². The van der Waals surface area contributed by atoms with E-state index in [2.05, 4.69) is 0 Å². The lowest BCUT2D eigenvalue weighted by Gasteiger charge is -2.47. The Hall–Kier alpha value is -1.22. The molecule has 5 atom stereocenters. The predicted molar refractivity (Wildman–Crippen MR) is 74.3 cm³/mol. The SMILES string of the molecule is COC[C@H]1O[C@](O)(c2ccc(N)cc2)[C@H](O)[C@@H](OC)[C@H]1O. The van der Waals surface area contributed by atoms with Gasteiger partial charge in [0.25, 0.3) is 0 Å². The molecule has 0 aliphatic carbocycles. The van der Waals surface area contributed by atoms with Crippen molar-refractivity contribution < 1.29 is 29.5 Å². The summed E-state index contributed by atoms with van der Waals surface area (Å²) in [7, 11) is 2.79. The van der Waals surface area contributed by atoms with Crippen LogP contribution in [-0.2, 0) is 20.0 Å². The van der Waals surface area contributed by atoms with Gasteiger partial charge in [-0.05, 0) is 12.1 Å². The zero-order chi connectivity index (χ0) is 15.6. The Morgan fingerprint density at radius 3 is 2.38 bits per heavy atom. The van der Waals surface area contributed by atoms with Crippen molar-refractivity contribution in [2.45, 2.75) is 30.2 Å². The molecule has 7 nitrogen and oxygen atoms in total. The molecule has 1 saturated heterocycles. The second kappa shape index (κ2) is 6.27. The van der Waals surface area contributed by atoms with Gasteiger partial charge in [0.1, 0.15) is 24.4 Å². The number of methoxy groups -OCH3 is 2. The van der Waals surface area contributed by atoms with E-state index in [9.17, 15) is 15.3 Å². The Morgan fingerprint density at radius 1 is 1.24 bits per heavy atom. The van der Waals surface area contributed by atoms with Crippen molar-refractivity contribution in [2.24, 2.45) is 0 Å². The third-order valence-corrected chi connectivity index (χ3v) is 3.69. The molecule has 0 aromatic heterocycles. The van der Waals surface area contributed by atoms with Gasteiger partial charge in [-0.3, -0.25) is 0 Å². The third-order valence-electron chi connectivity index (χ3n) is 3.69. The molecule has 0 unspecified atom stereocenters. The maximum absolute atomic E-state index is 10.8. The first-order chi connectivity index (χ1) is 9.93. The molecular weight excluding hydrogens is 278 g/mol. The van der Waals surface area contributed by atoms with Gasteiger partial charge in [-0.25, -0.2) is 0 Å². The van der Waals surface area contributed by atoms with Gasteiger partial charge in [-0.15, -0.1) is 0 Å². The Labute approximate surface area is 122 Å². The van der Waals surface area contributed by atoms with Gasteiger partial charge in [-0.2, -0.15) is 0 Å². The summed E-state index contributed by atoms with van der Waals surface area (Å²) >= 11 is 0. The van der Waals surface area contributed by atoms with Crippen LogP contribution in [0.3, 0.4) is 0 Å². The lowest BCUT2D eigenvalue weighted by atomic mass is 9.88. The number of nitrogen functional groups attached to an aromatic ring is 1. The number of nitrogens with two attached hydrogens (primary N) is 1. The van der Waals surface area contributed by atoms with Gasteiger partial charge < -0.3 is 35.3 Å². The van der Waals surface area contributed by atoms with Crippen molar-refractivity contribution in [1.82, 2.24) is 0 Å². The lowest BCUT2D eigenvalue weighted by Crippen LogP contribution is -2.64. The van der Waals surface area contributed by atoms with E-state index in [-0.39, 0.29) is 6.61 Å². The predicted octanol–water partition coefficient (Wildman–Crippen LogP) is -0.804. The van der Waals surface area contributed by atoms with Crippen molar-refractivity contribution >= 4 is 5.69 Å². The lowest BCUT2D eigenvalue weighted by molar-refractivity contribution is -0.360. The van der Waals surface area contributed by atoms with Crippen LogP contribution in [0.25, 0.3) is 0 Å². The molecule has 1 aliphatic rings. The minimum Gasteiger partial charge on any atom is -0.399 e. The van der Waals surface area contributed by atoms with Crippen LogP contribution in [0.4, 0.5) is 5.69 Å². The second-order valence-corrected chi connectivity index (χ2v) is 5.07. The van der Waals surface area contributed by atoms with E-state index >= 15 is 0 Å². The number of hydrogen-bond donors (Lipinski definition) is 4. The molecular formula is C14H21NO6. The van der Waals surface area contributed by atoms with Crippen molar-refractivity contribution in [2.75, 3.05) is 26.6 Å². The number of aliphatic hydroxyl groups is 3. The molecule has 118 valence electrons. The van der Waals surface area contributed by atoms with Crippen LogP contribution >= 0.6 is 0 Å². The third kappa shape index (κ3) is 2.89. The molecule has 1 heterocycles. The summed E-state index contributed by atoms with van der Waals surface area (Å²) < 4.78 is 15.6. The summed E-state index contributed by atoms with van der Waals surface area (Å²) in [6.07, 6.45) is -4.44. The summed E-state index contributed by atoms with van der Waals surface area (Å²) in [6, 6.07) is 6.27. The number of aliphatic hydroxyl groups excluding tert-OH is 2. The Morgan fingerprint density at radius 2 is 1.86 bits per heavy atom. The quantitative estimate of drug-likeness (QED) is 0.538. The molecule has 1 aliphatic heterocycles. The number of ether oxygens (including phenoxy) is 3. The van der Waals surface area contributed by atoms with E-state index in [1.807, 2.05) is 0 Å². The van der Waals surface area contributed by atoms with Crippen LogP contribution in [-0.4, -0.2) is 60.6 Å². The fraction of sp³-hybridized carbons (Fsp3) is 0.571. The monoisotopic (exact) mass is 299 g/mol. The van der Waals surface area contributed by atoms with Crippen LogP contribution in [0.15, 0.2) is 24.3 Å². The number of anilines is 1. The minimum absolute atomic E-state index is 0.0467. The van der Waals surface area contributed by atoms with Crippen molar-refractivity contribution in [1.29, 1.82) is 0 Å². The van der Waals surface area contributed by atoms with Crippen molar-refractivity contribution in [3.8, 4) is 0 Å². The highest BCUT2D eigenvalue weighted by Crippen LogP contribution is 2.37. The number of hydrogen-bond acceptors (Lipinski definition) is 7. The molecule has 0 radical (unpaired) electrons. The first-order valence-corrected chi connectivity index (χ1v) is 6.58. The van der Waals surface area contributed by atoms with Gasteiger partial charge in [-0.1, -0.05) is 12.1 Å². The van der Waals surface area contributed by atoms with E-state index in [0.717, 1.165) is 0 Å². The van der Waals surface area contributed by atoms with E-state index < -0.39 is 30.2 Å². The smallest absolute Gasteiger partial charge is 0.222 e. The van der Waals surface area contributed by atoms with Crippen molar-refractivity contribution in [3.63, 3.8) is 0 Å². The van der Waals surface area contributed by atoms with Crippen LogP contribution in [0.5, 0.6) is 0 Å². The van der Waals surface area contributed by atoms with Crippen LogP contribution < -0.4 is 5.73 Å². The van der Waals surface area contributed by atoms with E-state index in [1.165, 1.54) is 14.2 Å². The maximum atomic E-state index is 10.8. The van der Waals surface area contributed by atoms with E-state index in [1.54, 1.807) is 24.3 Å². The fourth-order valence-corrected chi connectivity index (χ4v) is 2.52. The molecule has 0 bridgehead atoms. The minimum atomic E-state index is -2.02. The topological polar surface area (TPSA) is 114 Å². The summed E-state index contributed by atoms with van der Waals surface area (Å²) in [5, 5.41) is 31.2. The molecule has 5 N–H and O–H groups in total. The fourth-order valence-electron chi connectivity index (χ4n) is 2.52. The molecule has 1 fully saturated rings.